The molecular formula is C14H17ClN6. The topological polar surface area (TPSA) is 72.9 Å². The number of nitrogens with zero attached hydrogens (tertiary/aromatic N) is 5. The molecule has 1 saturated carbocycles. The molecule has 2 aromatic rings. The summed E-state index contributed by atoms with van der Waals surface area (Å²) in [6.45, 7) is 2.16. The molecule has 7 heteroatoms. The van der Waals surface area contributed by atoms with Gasteiger partial charge in [-0.2, -0.15) is 0 Å². The Morgan fingerprint density at radius 3 is 2.76 bits per heavy atom. The maximum atomic E-state index is 6.09. The fourth-order valence-corrected chi connectivity index (χ4v) is 3.35. The predicted molar refractivity (Wildman–Crippen MR) is 80.9 cm³/mol. The van der Waals surface area contributed by atoms with Gasteiger partial charge in [0.15, 0.2) is 5.82 Å². The van der Waals surface area contributed by atoms with Gasteiger partial charge in [-0.3, -0.25) is 4.90 Å². The van der Waals surface area contributed by atoms with Crippen LogP contribution in [0.4, 0.5) is 5.69 Å². The molecule has 1 atom stereocenters. The van der Waals surface area contributed by atoms with Crippen LogP contribution in [0.5, 0.6) is 0 Å². The molecule has 0 radical (unpaired) electrons. The zero-order valence-electron chi connectivity index (χ0n) is 11.6. The van der Waals surface area contributed by atoms with Crippen molar-refractivity contribution in [2.75, 3.05) is 18.8 Å². The molecule has 2 heterocycles. The van der Waals surface area contributed by atoms with E-state index in [4.69, 9.17) is 17.3 Å². The van der Waals surface area contributed by atoms with E-state index < -0.39 is 0 Å². The third-order valence-electron chi connectivity index (χ3n) is 4.28. The zero-order valence-corrected chi connectivity index (χ0v) is 12.4. The van der Waals surface area contributed by atoms with E-state index in [0.717, 1.165) is 36.9 Å². The lowest BCUT2D eigenvalue weighted by atomic mass is 10.1. The minimum absolute atomic E-state index is 0.329. The van der Waals surface area contributed by atoms with Crippen LogP contribution in [0.2, 0.25) is 5.02 Å². The number of rotatable bonds is 3. The van der Waals surface area contributed by atoms with Gasteiger partial charge in [-0.05, 0) is 47.9 Å². The number of nitrogens with two attached hydrogens (primary N) is 1. The normalized spacial score (nSPS) is 22.8. The summed E-state index contributed by atoms with van der Waals surface area (Å²) in [6.07, 6.45) is 3.75. The van der Waals surface area contributed by atoms with Crippen molar-refractivity contribution in [1.29, 1.82) is 0 Å². The van der Waals surface area contributed by atoms with Gasteiger partial charge in [0.05, 0.1) is 6.04 Å². The minimum Gasteiger partial charge on any atom is -0.399 e. The Balaban J connectivity index is 1.64. The summed E-state index contributed by atoms with van der Waals surface area (Å²) in [5.41, 5.74) is 7.36. The average Bonchev–Trinajstić information content (AvgIpc) is 3.00. The fraction of sp³-hybridized carbons (Fsp3) is 0.500. The van der Waals surface area contributed by atoms with E-state index in [-0.39, 0.29) is 0 Å². The molecule has 0 amide bonds. The minimum atomic E-state index is 0.329. The van der Waals surface area contributed by atoms with Gasteiger partial charge >= 0.3 is 0 Å². The Morgan fingerprint density at radius 1 is 1.14 bits per heavy atom. The first-order chi connectivity index (χ1) is 10.2. The lowest BCUT2D eigenvalue weighted by Gasteiger charge is -2.15. The van der Waals surface area contributed by atoms with E-state index in [1.54, 1.807) is 6.07 Å². The lowest BCUT2D eigenvalue weighted by molar-refractivity contribution is 0.309. The van der Waals surface area contributed by atoms with Gasteiger partial charge in [0.1, 0.15) is 0 Å². The molecule has 1 aromatic carbocycles. The molecule has 2 aliphatic rings. The Labute approximate surface area is 127 Å². The maximum Gasteiger partial charge on any atom is 0.182 e. The zero-order chi connectivity index (χ0) is 14.4. The number of aromatic nitrogens is 4. The number of nitrogen functional groups attached to an aromatic ring is 1. The fourth-order valence-electron chi connectivity index (χ4n) is 3.11. The van der Waals surface area contributed by atoms with Crippen molar-refractivity contribution in [2.45, 2.75) is 31.3 Å². The highest BCUT2D eigenvalue weighted by Gasteiger charge is 2.36. The summed E-state index contributed by atoms with van der Waals surface area (Å²) in [5.74, 6) is 0.742. The van der Waals surface area contributed by atoms with Gasteiger partial charge in [0.25, 0.3) is 0 Å². The molecule has 0 bridgehead atoms. The van der Waals surface area contributed by atoms with Crippen LogP contribution in [-0.4, -0.2) is 44.2 Å². The Bertz CT molecular complexity index is 645. The molecule has 2 fully saturated rings. The average molecular weight is 305 g/mol. The Hall–Kier alpha value is -1.66. The molecule has 1 unspecified atom stereocenters. The number of hydrogen-bond donors (Lipinski definition) is 1. The van der Waals surface area contributed by atoms with Gasteiger partial charge in [-0.15, -0.1) is 5.10 Å². The lowest BCUT2D eigenvalue weighted by Crippen LogP contribution is -2.24. The number of hydrogen-bond acceptors (Lipinski definition) is 5. The molecule has 1 aliphatic carbocycles. The quantitative estimate of drug-likeness (QED) is 0.878. The van der Waals surface area contributed by atoms with Crippen LogP contribution >= 0.6 is 11.6 Å². The Morgan fingerprint density at radius 2 is 2.00 bits per heavy atom. The summed E-state index contributed by atoms with van der Waals surface area (Å²) in [6, 6.07) is 6.56. The standard InChI is InChI=1S/C14H17ClN6/c15-10-5-9(6-11(16)7-10)14-17-18-19-21(14)13-3-4-20(8-13)12-1-2-12/h5-7,12-13H,1-4,8,16H2. The van der Waals surface area contributed by atoms with Crippen molar-refractivity contribution >= 4 is 17.3 Å². The van der Waals surface area contributed by atoms with Crippen molar-refractivity contribution < 1.29 is 0 Å². The van der Waals surface area contributed by atoms with E-state index in [2.05, 4.69) is 20.4 Å². The van der Waals surface area contributed by atoms with Crippen molar-refractivity contribution in [3.8, 4) is 11.4 Å². The van der Waals surface area contributed by atoms with E-state index >= 15 is 0 Å². The van der Waals surface area contributed by atoms with Crippen LogP contribution < -0.4 is 5.73 Å². The van der Waals surface area contributed by atoms with Crippen LogP contribution in [0.15, 0.2) is 18.2 Å². The first kappa shape index (κ1) is 13.0. The number of tetrazole rings is 1. The molecule has 1 saturated heterocycles. The molecule has 4 rings (SSSR count). The van der Waals surface area contributed by atoms with Gasteiger partial charge in [-0.1, -0.05) is 11.6 Å². The van der Waals surface area contributed by atoms with Crippen molar-refractivity contribution in [3.05, 3.63) is 23.2 Å². The largest absolute Gasteiger partial charge is 0.399 e. The summed E-state index contributed by atoms with van der Waals surface area (Å²) in [5, 5.41) is 12.8. The first-order valence-corrected chi connectivity index (χ1v) is 7.67. The second-order valence-electron chi connectivity index (χ2n) is 5.89. The molecule has 0 spiro atoms. The monoisotopic (exact) mass is 304 g/mol. The van der Waals surface area contributed by atoms with Crippen LogP contribution in [0.1, 0.15) is 25.3 Å². The van der Waals surface area contributed by atoms with Crippen molar-refractivity contribution in [1.82, 2.24) is 25.1 Å². The van der Waals surface area contributed by atoms with Crippen LogP contribution in [0.25, 0.3) is 11.4 Å². The second-order valence-corrected chi connectivity index (χ2v) is 6.33. The van der Waals surface area contributed by atoms with E-state index in [9.17, 15) is 0 Å². The van der Waals surface area contributed by atoms with Crippen LogP contribution in [0, 0.1) is 0 Å². The SMILES string of the molecule is Nc1cc(Cl)cc(-c2nnnn2C2CCN(C3CC3)C2)c1. The number of likely N-dealkylation sites (tertiary alicyclic amines) is 1. The summed E-state index contributed by atoms with van der Waals surface area (Å²) in [4.78, 5) is 2.54. The third kappa shape index (κ3) is 2.49. The molecule has 1 aromatic heterocycles. The van der Waals surface area contributed by atoms with Gasteiger partial charge in [0.2, 0.25) is 0 Å². The third-order valence-corrected chi connectivity index (χ3v) is 4.49. The van der Waals surface area contributed by atoms with Gasteiger partial charge in [-0.25, -0.2) is 4.68 Å². The molecule has 2 N–H and O–H groups in total. The van der Waals surface area contributed by atoms with Gasteiger partial charge < -0.3 is 5.73 Å². The van der Waals surface area contributed by atoms with Crippen molar-refractivity contribution in [3.63, 3.8) is 0 Å². The van der Waals surface area contributed by atoms with Crippen LogP contribution in [0.3, 0.4) is 0 Å². The maximum absolute atomic E-state index is 6.09. The number of halogens is 1. The van der Waals surface area contributed by atoms with Crippen molar-refractivity contribution in [2.24, 2.45) is 0 Å². The highest BCUT2D eigenvalue weighted by molar-refractivity contribution is 6.31. The Kier molecular flexibility index (Phi) is 3.08. The van der Waals surface area contributed by atoms with E-state index in [1.807, 2.05) is 16.8 Å². The molecular weight excluding hydrogens is 288 g/mol. The van der Waals surface area contributed by atoms with E-state index in [0.29, 0.717) is 16.8 Å². The molecule has 21 heavy (non-hydrogen) atoms. The smallest absolute Gasteiger partial charge is 0.182 e. The first-order valence-electron chi connectivity index (χ1n) is 7.29. The van der Waals surface area contributed by atoms with E-state index in [1.165, 1.54) is 12.8 Å². The summed E-state index contributed by atoms with van der Waals surface area (Å²) >= 11 is 6.09. The van der Waals surface area contributed by atoms with Crippen LogP contribution in [-0.2, 0) is 0 Å². The molecule has 6 nitrogen and oxygen atoms in total. The second kappa shape index (κ2) is 4.96. The molecule has 1 aliphatic heterocycles. The van der Waals surface area contributed by atoms with Gasteiger partial charge in [0, 0.05) is 35.4 Å². The number of benzene rings is 1. The highest BCUT2D eigenvalue weighted by atomic mass is 35.5. The number of anilines is 1. The highest BCUT2D eigenvalue weighted by Crippen LogP contribution is 2.34. The summed E-state index contributed by atoms with van der Waals surface area (Å²) in [7, 11) is 0. The summed E-state index contributed by atoms with van der Waals surface area (Å²) < 4.78 is 1.92. The predicted octanol–water partition coefficient (Wildman–Crippen LogP) is 1.98. The molecule has 110 valence electrons.